The van der Waals surface area contributed by atoms with Crippen molar-refractivity contribution in [2.75, 3.05) is 26.4 Å². The van der Waals surface area contributed by atoms with Crippen LogP contribution in [0.3, 0.4) is 0 Å². The van der Waals surface area contributed by atoms with E-state index in [2.05, 4.69) is 6.92 Å². The summed E-state index contributed by atoms with van der Waals surface area (Å²) in [5.41, 5.74) is 0. The van der Waals surface area contributed by atoms with Crippen molar-refractivity contribution in [1.82, 2.24) is 0 Å². The molecule has 3 atom stereocenters. The molecule has 4 heteroatoms. The van der Waals surface area contributed by atoms with Gasteiger partial charge in [0, 0.05) is 6.61 Å². The van der Waals surface area contributed by atoms with Crippen LogP contribution in [0.2, 0.25) is 0 Å². The Balaban J connectivity index is 3.35. The SMILES string of the molecule is CCCCO[C@@H](C)COC[C@H](C)OC[C@@H](C)O. The standard InChI is InChI=1S/C13H28O4/c1-5-6-7-16-12(3)9-15-10-13(4)17-8-11(2)14/h11-14H,5-10H2,1-4H3/t11-,12+,13+/m1/s1. The zero-order valence-electron chi connectivity index (χ0n) is 11.6. The van der Waals surface area contributed by atoms with Gasteiger partial charge in [0.2, 0.25) is 0 Å². The van der Waals surface area contributed by atoms with Crippen LogP contribution in [-0.2, 0) is 14.2 Å². The van der Waals surface area contributed by atoms with Crippen molar-refractivity contribution < 1.29 is 19.3 Å². The Kier molecular flexibility index (Phi) is 10.9. The van der Waals surface area contributed by atoms with Crippen molar-refractivity contribution in [3.05, 3.63) is 0 Å². The first-order chi connectivity index (χ1) is 8.06. The highest BCUT2D eigenvalue weighted by molar-refractivity contribution is 4.53. The fourth-order valence-electron chi connectivity index (χ4n) is 1.23. The summed E-state index contributed by atoms with van der Waals surface area (Å²) in [6.07, 6.45) is 1.96. The Morgan fingerprint density at radius 1 is 0.941 bits per heavy atom. The van der Waals surface area contributed by atoms with Gasteiger partial charge in [0.1, 0.15) is 0 Å². The van der Waals surface area contributed by atoms with Gasteiger partial charge in [-0.25, -0.2) is 0 Å². The minimum Gasteiger partial charge on any atom is -0.391 e. The number of hydrogen-bond acceptors (Lipinski definition) is 4. The second kappa shape index (κ2) is 11.0. The predicted molar refractivity (Wildman–Crippen MR) is 68.2 cm³/mol. The summed E-state index contributed by atoms with van der Waals surface area (Å²) in [5, 5.41) is 9.05. The molecular formula is C13H28O4. The second-order valence-corrected chi connectivity index (χ2v) is 4.57. The maximum atomic E-state index is 9.05. The van der Waals surface area contributed by atoms with E-state index in [1.165, 1.54) is 0 Å². The molecule has 0 aliphatic carbocycles. The van der Waals surface area contributed by atoms with Gasteiger partial charge in [0.05, 0.1) is 38.1 Å². The van der Waals surface area contributed by atoms with Gasteiger partial charge in [-0.1, -0.05) is 13.3 Å². The summed E-state index contributed by atoms with van der Waals surface area (Å²) in [6, 6.07) is 0. The van der Waals surface area contributed by atoms with Crippen LogP contribution in [-0.4, -0.2) is 49.8 Å². The molecule has 0 saturated heterocycles. The van der Waals surface area contributed by atoms with E-state index in [0.29, 0.717) is 19.8 Å². The molecule has 1 N–H and O–H groups in total. The van der Waals surface area contributed by atoms with Crippen molar-refractivity contribution in [2.24, 2.45) is 0 Å². The highest BCUT2D eigenvalue weighted by atomic mass is 16.6. The molecule has 0 aromatic carbocycles. The molecule has 0 aromatic rings. The van der Waals surface area contributed by atoms with E-state index in [-0.39, 0.29) is 12.2 Å². The monoisotopic (exact) mass is 248 g/mol. The van der Waals surface area contributed by atoms with Crippen LogP contribution in [0.25, 0.3) is 0 Å². The molecule has 17 heavy (non-hydrogen) atoms. The zero-order valence-corrected chi connectivity index (χ0v) is 11.6. The number of aliphatic hydroxyl groups is 1. The van der Waals surface area contributed by atoms with Crippen molar-refractivity contribution in [3.63, 3.8) is 0 Å². The van der Waals surface area contributed by atoms with Crippen molar-refractivity contribution in [1.29, 1.82) is 0 Å². The predicted octanol–water partition coefficient (Wildman–Crippen LogP) is 1.99. The minimum atomic E-state index is -0.422. The summed E-state index contributed by atoms with van der Waals surface area (Å²) >= 11 is 0. The van der Waals surface area contributed by atoms with Crippen LogP contribution >= 0.6 is 0 Å². The smallest absolute Gasteiger partial charge is 0.0781 e. The van der Waals surface area contributed by atoms with Gasteiger partial charge in [-0.3, -0.25) is 0 Å². The molecule has 0 heterocycles. The van der Waals surface area contributed by atoms with E-state index < -0.39 is 6.10 Å². The first-order valence-electron chi connectivity index (χ1n) is 6.55. The molecule has 0 unspecified atom stereocenters. The molecule has 0 rings (SSSR count). The lowest BCUT2D eigenvalue weighted by Gasteiger charge is -2.17. The first kappa shape index (κ1) is 16.8. The van der Waals surface area contributed by atoms with Crippen LogP contribution in [0.4, 0.5) is 0 Å². The maximum Gasteiger partial charge on any atom is 0.0781 e. The second-order valence-electron chi connectivity index (χ2n) is 4.57. The Morgan fingerprint density at radius 3 is 2.06 bits per heavy atom. The summed E-state index contributed by atoms with van der Waals surface area (Å²) in [4.78, 5) is 0. The average Bonchev–Trinajstić information content (AvgIpc) is 2.27. The highest BCUT2D eigenvalue weighted by Crippen LogP contribution is 1.99. The van der Waals surface area contributed by atoms with Gasteiger partial charge in [0.15, 0.2) is 0 Å². The van der Waals surface area contributed by atoms with Crippen LogP contribution in [0.5, 0.6) is 0 Å². The fraction of sp³-hybridized carbons (Fsp3) is 1.00. The van der Waals surface area contributed by atoms with Gasteiger partial charge in [-0.15, -0.1) is 0 Å². The lowest BCUT2D eigenvalue weighted by molar-refractivity contribution is -0.0607. The van der Waals surface area contributed by atoms with E-state index in [1.807, 2.05) is 13.8 Å². The third kappa shape index (κ3) is 12.1. The number of hydrogen-bond donors (Lipinski definition) is 1. The molecular weight excluding hydrogens is 220 g/mol. The van der Waals surface area contributed by atoms with E-state index in [9.17, 15) is 0 Å². The molecule has 0 aliphatic heterocycles. The summed E-state index contributed by atoms with van der Waals surface area (Å²) in [7, 11) is 0. The van der Waals surface area contributed by atoms with Gasteiger partial charge in [0.25, 0.3) is 0 Å². The van der Waals surface area contributed by atoms with E-state index >= 15 is 0 Å². The van der Waals surface area contributed by atoms with Gasteiger partial charge >= 0.3 is 0 Å². The normalized spacial score (nSPS) is 16.8. The van der Waals surface area contributed by atoms with E-state index in [1.54, 1.807) is 6.92 Å². The molecule has 0 amide bonds. The van der Waals surface area contributed by atoms with Crippen molar-refractivity contribution in [3.8, 4) is 0 Å². The molecule has 0 radical (unpaired) electrons. The van der Waals surface area contributed by atoms with Crippen LogP contribution in [0.15, 0.2) is 0 Å². The number of aliphatic hydroxyl groups excluding tert-OH is 1. The number of unbranched alkanes of at least 4 members (excludes halogenated alkanes) is 1. The molecule has 104 valence electrons. The quantitative estimate of drug-likeness (QED) is 0.568. The molecule has 0 aromatic heterocycles. The maximum absolute atomic E-state index is 9.05. The lowest BCUT2D eigenvalue weighted by atomic mass is 10.3. The molecule has 0 saturated carbocycles. The Bertz CT molecular complexity index is 161. The van der Waals surface area contributed by atoms with Crippen LogP contribution in [0, 0.1) is 0 Å². The van der Waals surface area contributed by atoms with Crippen molar-refractivity contribution in [2.45, 2.75) is 58.8 Å². The molecule has 0 spiro atoms. The van der Waals surface area contributed by atoms with E-state index in [0.717, 1.165) is 19.4 Å². The summed E-state index contributed by atoms with van der Waals surface area (Å²) < 4.78 is 16.4. The number of ether oxygens (including phenoxy) is 3. The topological polar surface area (TPSA) is 47.9 Å². The Hall–Kier alpha value is -0.160. The Labute approximate surface area is 105 Å². The summed E-state index contributed by atoms with van der Waals surface area (Å²) in [5.74, 6) is 0. The number of rotatable bonds is 11. The van der Waals surface area contributed by atoms with Crippen molar-refractivity contribution >= 4 is 0 Å². The first-order valence-corrected chi connectivity index (χ1v) is 6.55. The highest BCUT2D eigenvalue weighted by Gasteiger charge is 2.07. The van der Waals surface area contributed by atoms with E-state index in [4.69, 9.17) is 19.3 Å². The van der Waals surface area contributed by atoms with Gasteiger partial charge in [-0.05, 0) is 27.2 Å². The van der Waals surface area contributed by atoms with Crippen LogP contribution in [0.1, 0.15) is 40.5 Å². The average molecular weight is 248 g/mol. The molecule has 0 bridgehead atoms. The Morgan fingerprint density at radius 2 is 1.53 bits per heavy atom. The zero-order chi connectivity index (χ0) is 13.1. The van der Waals surface area contributed by atoms with Gasteiger partial charge in [-0.2, -0.15) is 0 Å². The van der Waals surface area contributed by atoms with Gasteiger partial charge < -0.3 is 19.3 Å². The third-order valence-corrected chi connectivity index (χ3v) is 2.23. The largest absolute Gasteiger partial charge is 0.391 e. The minimum absolute atomic E-state index is 0.00689. The molecule has 0 fully saturated rings. The summed E-state index contributed by atoms with van der Waals surface area (Å²) in [6.45, 7) is 10.1. The van der Waals surface area contributed by atoms with Crippen LogP contribution < -0.4 is 0 Å². The lowest BCUT2D eigenvalue weighted by Crippen LogP contribution is -2.24. The third-order valence-electron chi connectivity index (χ3n) is 2.23. The fourth-order valence-corrected chi connectivity index (χ4v) is 1.23. The molecule has 4 nitrogen and oxygen atoms in total. The molecule has 0 aliphatic rings.